The summed E-state index contributed by atoms with van der Waals surface area (Å²) in [7, 11) is 0. The van der Waals surface area contributed by atoms with Crippen LogP contribution in [0.2, 0.25) is 0 Å². The van der Waals surface area contributed by atoms with Gasteiger partial charge in [0.2, 0.25) is 0 Å². The third-order valence-corrected chi connectivity index (χ3v) is 2.46. The van der Waals surface area contributed by atoms with Crippen molar-refractivity contribution in [1.29, 1.82) is 0 Å². The highest BCUT2D eigenvalue weighted by Crippen LogP contribution is 2.04. The Balaban J connectivity index is 4.91. The maximum Gasteiger partial charge on any atom is 0.0578 e. The molecule has 0 rings (SSSR count). The highest BCUT2D eigenvalue weighted by Gasteiger charge is 2.10. The monoisotopic (exact) mass is 212 g/mol. The molecule has 0 aromatic heterocycles. The van der Waals surface area contributed by atoms with Gasteiger partial charge in [-0.3, -0.25) is 0 Å². The minimum Gasteiger partial charge on any atom is -0.434 e. The molecule has 0 saturated carbocycles. The maximum atomic E-state index is 3.52. The third kappa shape index (κ3) is 4.67. The fraction of sp³-hybridized carbons (Fsp3) is 0.923. The first-order valence-corrected chi connectivity index (χ1v) is 6.10. The smallest absolute Gasteiger partial charge is 0.0578 e. The van der Waals surface area contributed by atoms with Crippen LogP contribution < -0.4 is 0 Å². The van der Waals surface area contributed by atoms with Crippen LogP contribution in [0.1, 0.15) is 55.4 Å². The zero-order valence-electron chi connectivity index (χ0n) is 11.7. The van der Waals surface area contributed by atoms with Crippen LogP contribution in [0.3, 0.4) is 0 Å². The second kappa shape index (κ2) is 6.14. The summed E-state index contributed by atoms with van der Waals surface area (Å²) in [5, 5.41) is 0. The third-order valence-electron chi connectivity index (χ3n) is 2.46. The molecule has 15 heavy (non-hydrogen) atoms. The Morgan fingerprint density at radius 2 is 1.07 bits per heavy atom. The summed E-state index contributed by atoms with van der Waals surface area (Å²) in [4.78, 5) is 2.29. The summed E-state index contributed by atoms with van der Waals surface area (Å²) >= 11 is 0. The normalized spacial score (nSPS) is 11.7. The lowest BCUT2D eigenvalue weighted by molar-refractivity contribution is -0.587. The number of rotatable bonds is 5. The van der Waals surface area contributed by atoms with Crippen LogP contribution in [0.5, 0.6) is 0 Å². The molecule has 0 atom stereocenters. The van der Waals surface area contributed by atoms with Crippen LogP contribution in [-0.2, 0) is 0 Å². The van der Waals surface area contributed by atoms with Crippen molar-refractivity contribution in [1.82, 2.24) is 4.90 Å². The van der Waals surface area contributed by atoms with E-state index in [1.165, 1.54) is 0 Å². The molecule has 0 bridgehead atoms. The van der Waals surface area contributed by atoms with E-state index in [4.69, 9.17) is 0 Å². The molecule has 0 heterocycles. The van der Waals surface area contributed by atoms with Gasteiger partial charge in [-0.05, 0) is 55.4 Å². The molecule has 0 aliphatic carbocycles. The van der Waals surface area contributed by atoms with Gasteiger partial charge in [0, 0.05) is 0 Å². The highest BCUT2D eigenvalue weighted by atomic mass is 15.2. The van der Waals surface area contributed by atoms with Gasteiger partial charge >= 0.3 is 0 Å². The molecule has 0 spiro atoms. The molecule has 0 radical (unpaired) electrons. The SMILES string of the molecule is CC(C)N([C-]=[N+](C(C)C)C(C)C)C(C)C. The van der Waals surface area contributed by atoms with Crippen molar-refractivity contribution in [2.45, 2.75) is 79.6 Å². The van der Waals surface area contributed by atoms with Gasteiger partial charge in [-0.15, -0.1) is 6.34 Å². The molecule has 0 aromatic carbocycles. The molecule has 2 nitrogen and oxygen atoms in total. The molecule has 0 saturated heterocycles. The van der Waals surface area contributed by atoms with Gasteiger partial charge in [-0.25, -0.2) is 0 Å². The topological polar surface area (TPSA) is 6.25 Å². The molecule has 0 unspecified atom stereocenters. The van der Waals surface area contributed by atoms with E-state index in [1.54, 1.807) is 0 Å². The van der Waals surface area contributed by atoms with Crippen molar-refractivity contribution < 1.29 is 4.58 Å². The first-order chi connectivity index (χ1) is 6.77. The summed E-state index contributed by atoms with van der Waals surface area (Å²) in [5.41, 5.74) is 0. The van der Waals surface area contributed by atoms with Gasteiger partial charge < -0.3 is 9.48 Å². The molecule has 0 amide bonds. The van der Waals surface area contributed by atoms with Gasteiger partial charge in [0.15, 0.2) is 0 Å². The number of hydrogen-bond acceptors (Lipinski definition) is 0. The first kappa shape index (κ1) is 14.5. The van der Waals surface area contributed by atoms with Gasteiger partial charge in [-0.1, -0.05) is 0 Å². The van der Waals surface area contributed by atoms with Crippen molar-refractivity contribution in [3.8, 4) is 0 Å². The summed E-state index contributed by atoms with van der Waals surface area (Å²) in [5.74, 6) is 0. The fourth-order valence-electron chi connectivity index (χ4n) is 1.79. The highest BCUT2D eigenvalue weighted by molar-refractivity contribution is 5.50. The van der Waals surface area contributed by atoms with Crippen molar-refractivity contribution in [3.63, 3.8) is 0 Å². The van der Waals surface area contributed by atoms with Gasteiger partial charge in [0.25, 0.3) is 0 Å². The second-order valence-electron chi connectivity index (χ2n) is 5.29. The van der Waals surface area contributed by atoms with Crippen LogP contribution in [0.25, 0.3) is 0 Å². The largest absolute Gasteiger partial charge is 0.434 e. The molecule has 2 heteroatoms. The molecule has 0 aliphatic rings. The lowest BCUT2D eigenvalue weighted by atomic mass is 10.2. The van der Waals surface area contributed by atoms with Gasteiger partial charge in [0.1, 0.15) is 0 Å². The zero-order chi connectivity index (χ0) is 12.2. The summed E-state index contributed by atoms with van der Waals surface area (Å²) < 4.78 is 2.29. The lowest BCUT2D eigenvalue weighted by Crippen LogP contribution is -2.42. The van der Waals surface area contributed by atoms with E-state index in [-0.39, 0.29) is 0 Å². The van der Waals surface area contributed by atoms with Crippen molar-refractivity contribution in [3.05, 3.63) is 0 Å². The molecular weight excluding hydrogens is 184 g/mol. The van der Waals surface area contributed by atoms with E-state index in [0.717, 1.165) is 0 Å². The van der Waals surface area contributed by atoms with E-state index in [9.17, 15) is 0 Å². The zero-order valence-corrected chi connectivity index (χ0v) is 11.7. The van der Waals surface area contributed by atoms with Crippen molar-refractivity contribution in [2.24, 2.45) is 0 Å². The van der Waals surface area contributed by atoms with Crippen LogP contribution in [-0.4, -0.2) is 40.0 Å². The number of hydrogen-bond donors (Lipinski definition) is 0. The van der Waals surface area contributed by atoms with E-state index in [1.807, 2.05) is 0 Å². The Hall–Kier alpha value is -0.530. The van der Waals surface area contributed by atoms with Gasteiger partial charge in [0.05, 0.1) is 24.2 Å². The maximum absolute atomic E-state index is 3.52. The summed E-state index contributed by atoms with van der Waals surface area (Å²) in [6, 6.07) is 2.02. The standard InChI is InChI=1S/C13H28N2/c1-10(2)14(11(3)4)9-15(12(5)6)13(7)8/h10-13H,1-8H3. The lowest BCUT2D eigenvalue weighted by Gasteiger charge is -2.37. The Morgan fingerprint density at radius 1 is 0.733 bits per heavy atom. The summed E-state index contributed by atoms with van der Waals surface area (Å²) in [6.07, 6.45) is 3.52. The van der Waals surface area contributed by atoms with Crippen molar-refractivity contribution in [2.75, 3.05) is 0 Å². The second-order valence-corrected chi connectivity index (χ2v) is 5.29. The van der Waals surface area contributed by atoms with Crippen LogP contribution in [0.15, 0.2) is 0 Å². The Labute approximate surface area is 96.0 Å². The quantitative estimate of drug-likeness (QED) is 0.223. The van der Waals surface area contributed by atoms with E-state index >= 15 is 0 Å². The Kier molecular flexibility index (Phi) is 5.92. The minimum absolute atomic E-state index is 0.505. The molecule has 90 valence electrons. The predicted molar refractivity (Wildman–Crippen MR) is 67.7 cm³/mol. The van der Waals surface area contributed by atoms with E-state index in [2.05, 4.69) is 71.2 Å². The molecule has 0 fully saturated rings. The van der Waals surface area contributed by atoms with Crippen LogP contribution >= 0.6 is 0 Å². The fourth-order valence-corrected chi connectivity index (χ4v) is 1.79. The Morgan fingerprint density at radius 3 is 1.27 bits per heavy atom. The number of nitrogens with zero attached hydrogens (tertiary/aromatic N) is 2. The summed E-state index contributed by atoms with van der Waals surface area (Å²) in [6.45, 7) is 17.7. The Bertz CT molecular complexity index is 185. The average molecular weight is 212 g/mol. The molecule has 0 N–H and O–H groups in total. The molecule has 0 aromatic rings. The van der Waals surface area contributed by atoms with E-state index in [0.29, 0.717) is 24.2 Å². The predicted octanol–water partition coefficient (Wildman–Crippen LogP) is 2.84. The van der Waals surface area contributed by atoms with Gasteiger partial charge in [-0.2, -0.15) is 0 Å². The van der Waals surface area contributed by atoms with Crippen molar-refractivity contribution >= 4 is 6.34 Å². The van der Waals surface area contributed by atoms with Crippen LogP contribution in [0, 0.1) is 0 Å². The minimum atomic E-state index is 0.505. The van der Waals surface area contributed by atoms with E-state index < -0.39 is 0 Å². The van der Waals surface area contributed by atoms with Crippen LogP contribution in [0.4, 0.5) is 0 Å². The average Bonchev–Trinajstić information content (AvgIpc) is 2.01. The first-order valence-electron chi connectivity index (χ1n) is 6.10. The molecule has 0 aliphatic heterocycles. The molecular formula is C13H28N2.